The molecular formula is C14H31N. The van der Waals surface area contributed by atoms with Crippen molar-refractivity contribution in [1.82, 2.24) is 4.90 Å². The molecule has 0 aliphatic heterocycles. The molecule has 0 spiro atoms. The summed E-state index contributed by atoms with van der Waals surface area (Å²) in [6.07, 6.45) is 8.48. The fourth-order valence-corrected chi connectivity index (χ4v) is 1.70. The number of hydrogen-bond donors (Lipinski definition) is 0. The van der Waals surface area contributed by atoms with Gasteiger partial charge in [-0.1, -0.05) is 46.0 Å². The molecule has 0 aromatic carbocycles. The SMILES string of the molecule is CC(C)CCCCCCCN(C)C(C)C. The zero-order chi connectivity index (χ0) is 11.7. The Kier molecular flexibility index (Phi) is 9.18. The van der Waals surface area contributed by atoms with Crippen molar-refractivity contribution in [3.8, 4) is 0 Å². The first-order valence-electron chi connectivity index (χ1n) is 6.74. The summed E-state index contributed by atoms with van der Waals surface area (Å²) in [4.78, 5) is 2.44. The van der Waals surface area contributed by atoms with E-state index in [2.05, 4.69) is 39.6 Å². The number of rotatable bonds is 9. The summed E-state index contributed by atoms with van der Waals surface area (Å²) in [5, 5.41) is 0. The lowest BCUT2D eigenvalue weighted by atomic mass is 10.0. The highest BCUT2D eigenvalue weighted by Gasteiger charge is 2.01. The average molecular weight is 213 g/mol. The molecule has 0 saturated heterocycles. The summed E-state index contributed by atoms with van der Waals surface area (Å²) in [7, 11) is 2.23. The minimum atomic E-state index is 0.700. The van der Waals surface area contributed by atoms with Crippen molar-refractivity contribution in [2.75, 3.05) is 13.6 Å². The summed E-state index contributed by atoms with van der Waals surface area (Å²) < 4.78 is 0. The van der Waals surface area contributed by atoms with Crippen LogP contribution in [0.1, 0.15) is 66.2 Å². The molecule has 0 aliphatic carbocycles. The van der Waals surface area contributed by atoms with Crippen molar-refractivity contribution in [3.63, 3.8) is 0 Å². The maximum Gasteiger partial charge on any atom is 0.00355 e. The van der Waals surface area contributed by atoms with Crippen LogP contribution in [0.15, 0.2) is 0 Å². The molecule has 0 atom stereocenters. The normalized spacial score (nSPS) is 12.0. The topological polar surface area (TPSA) is 3.24 Å². The van der Waals surface area contributed by atoms with Gasteiger partial charge in [0.25, 0.3) is 0 Å². The summed E-state index contributed by atoms with van der Waals surface area (Å²) in [6, 6.07) is 0.700. The molecular weight excluding hydrogens is 182 g/mol. The van der Waals surface area contributed by atoms with E-state index in [-0.39, 0.29) is 0 Å². The van der Waals surface area contributed by atoms with E-state index in [1.54, 1.807) is 0 Å². The standard InChI is InChI=1S/C14H31N/c1-13(2)11-9-7-6-8-10-12-15(5)14(3)4/h13-14H,6-12H2,1-5H3. The van der Waals surface area contributed by atoms with Crippen LogP contribution in [0.5, 0.6) is 0 Å². The number of nitrogens with zero attached hydrogens (tertiary/aromatic N) is 1. The van der Waals surface area contributed by atoms with Crippen LogP contribution in [-0.4, -0.2) is 24.5 Å². The summed E-state index contributed by atoms with van der Waals surface area (Å²) >= 11 is 0. The maximum absolute atomic E-state index is 2.44. The second kappa shape index (κ2) is 9.21. The van der Waals surface area contributed by atoms with Gasteiger partial charge in [0.2, 0.25) is 0 Å². The van der Waals surface area contributed by atoms with Crippen molar-refractivity contribution >= 4 is 0 Å². The Morgan fingerprint density at radius 1 is 0.800 bits per heavy atom. The van der Waals surface area contributed by atoms with Gasteiger partial charge in [0.15, 0.2) is 0 Å². The van der Waals surface area contributed by atoms with Crippen LogP contribution in [-0.2, 0) is 0 Å². The van der Waals surface area contributed by atoms with Gasteiger partial charge < -0.3 is 4.90 Å². The van der Waals surface area contributed by atoms with Gasteiger partial charge in [-0.05, 0) is 39.8 Å². The Morgan fingerprint density at radius 3 is 1.87 bits per heavy atom. The molecule has 0 rings (SSSR count). The Hall–Kier alpha value is -0.0400. The minimum absolute atomic E-state index is 0.700. The first kappa shape index (κ1) is 15.0. The lowest BCUT2D eigenvalue weighted by molar-refractivity contribution is 0.267. The van der Waals surface area contributed by atoms with E-state index in [0.717, 1.165) is 5.92 Å². The van der Waals surface area contributed by atoms with Gasteiger partial charge in [0, 0.05) is 6.04 Å². The highest BCUT2D eigenvalue weighted by atomic mass is 15.1. The lowest BCUT2D eigenvalue weighted by Crippen LogP contribution is -2.27. The molecule has 92 valence electrons. The second-order valence-electron chi connectivity index (χ2n) is 5.52. The Bertz CT molecular complexity index is 129. The molecule has 0 N–H and O–H groups in total. The van der Waals surface area contributed by atoms with E-state index in [4.69, 9.17) is 0 Å². The van der Waals surface area contributed by atoms with Crippen molar-refractivity contribution in [1.29, 1.82) is 0 Å². The first-order chi connectivity index (χ1) is 7.04. The first-order valence-corrected chi connectivity index (χ1v) is 6.74. The summed E-state index contributed by atoms with van der Waals surface area (Å²) in [5.41, 5.74) is 0. The predicted molar refractivity (Wildman–Crippen MR) is 70.3 cm³/mol. The van der Waals surface area contributed by atoms with Crippen molar-refractivity contribution in [2.45, 2.75) is 72.3 Å². The van der Waals surface area contributed by atoms with Crippen LogP contribution in [0.3, 0.4) is 0 Å². The smallest absolute Gasteiger partial charge is 0.00355 e. The molecule has 0 unspecified atom stereocenters. The molecule has 0 fully saturated rings. The quantitative estimate of drug-likeness (QED) is 0.515. The van der Waals surface area contributed by atoms with Gasteiger partial charge in [0.1, 0.15) is 0 Å². The van der Waals surface area contributed by atoms with Crippen LogP contribution in [0.2, 0.25) is 0 Å². The van der Waals surface area contributed by atoms with Gasteiger partial charge >= 0.3 is 0 Å². The van der Waals surface area contributed by atoms with Crippen molar-refractivity contribution in [3.05, 3.63) is 0 Å². The van der Waals surface area contributed by atoms with E-state index in [9.17, 15) is 0 Å². The molecule has 15 heavy (non-hydrogen) atoms. The molecule has 0 radical (unpaired) electrons. The molecule has 0 saturated carbocycles. The third kappa shape index (κ3) is 10.2. The van der Waals surface area contributed by atoms with Crippen LogP contribution in [0.4, 0.5) is 0 Å². The monoisotopic (exact) mass is 213 g/mol. The molecule has 0 aliphatic rings. The third-order valence-corrected chi connectivity index (χ3v) is 3.17. The Balaban J connectivity index is 3.11. The molecule has 1 nitrogen and oxygen atoms in total. The molecule has 0 aromatic heterocycles. The second-order valence-corrected chi connectivity index (χ2v) is 5.52. The van der Waals surface area contributed by atoms with Crippen LogP contribution in [0, 0.1) is 5.92 Å². The minimum Gasteiger partial charge on any atom is -0.304 e. The largest absolute Gasteiger partial charge is 0.304 e. The highest BCUT2D eigenvalue weighted by Crippen LogP contribution is 2.10. The predicted octanol–water partition coefficient (Wildman–Crippen LogP) is 4.32. The molecule has 1 heteroatoms. The lowest BCUT2D eigenvalue weighted by Gasteiger charge is -2.20. The van der Waals surface area contributed by atoms with Gasteiger partial charge in [-0.15, -0.1) is 0 Å². The Morgan fingerprint density at radius 2 is 1.33 bits per heavy atom. The van der Waals surface area contributed by atoms with Crippen LogP contribution >= 0.6 is 0 Å². The third-order valence-electron chi connectivity index (χ3n) is 3.17. The fraction of sp³-hybridized carbons (Fsp3) is 1.00. The number of hydrogen-bond acceptors (Lipinski definition) is 1. The van der Waals surface area contributed by atoms with Gasteiger partial charge in [0.05, 0.1) is 0 Å². The van der Waals surface area contributed by atoms with Crippen molar-refractivity contribution in [2.24, 2.45) is 5.92 Å². The molecule has 0 aromatic rings. The summed E-state index contributed by atoms with van der Waals surface area (Å²) in [6.45, 7) is 10.4. The van der Waals surface area contributed by atoms with Gasteiger partial charge in [-0.3, -0.25) is 0 Å². The molecule has 0 amide bonds. The zero-order valence-electron chi connectivity index (χ0n) is 11.6. The van der Waals surface area contributed by atoms with Crippen LogP contribution < -0.4 is 0 Å². The van der Waals surface area contributed by atoms with E-state index in [1.165, 1.54) is 45.1 Å². The maximum atomic E-state index is 2.44. The number of unbranched alkanes of at least 4 members (excludes halogenated alkanes) is 4. The van der Waals surface area contributed by atoms with E-state index in [1.807, 2.05) is 0 Å². The van der Waals surface area contributed by atoms with Gasteiger partial charge in [-0.2, -0.15) is 0 Å². The Labute approximate surface area is 97.2 Å². The highest BCUT2D eigenvalue weighted by molar-refractivity contribution is 4.57. The summed E-state index contributed by atoms with van der Waals surface area (Å²) in [5.74, 6) is 0.886. The fourth-order valence-electron chi connectivity index (χ4n) is 1.70. The van der Waals surface area contributed by atoms with E-state index >= 15 is 0 Å². The van der Waals surface area contributed by atoms with E-state index < -0.39 is 0 Å². The van der Waals surface area contributed by atoms with Gasteiger partial charge in [-0.25, -0.2) is 0 Å². The molecule has 0 heterocycles. The van der Waals surface area contributed by atoms with E-state index in [0.29, 0.717) is 6.04 Å². The van der Waals surface area contributed by atoms with Crippen LogP contribution in [0.25, 0.3) is 0 Å². The van der Waals surface area contributed by atoms with Crippen molar-refractivity contribution < 1.29 is 0 Å². The zero-order valence-corrected chi connectivity index (χ0v) is 11.6. The average Bonchev–Trinajstić information content (AvgIpc) is 2.15. The molecule has 0 bridgehead atoms.